The van der Waals surface area contributed by atoms with Gasteiger partial charge in [-0.05, 0) is 31.0 Å². The summed E-state index contributed by atoms with van der Waals surface area (Å²) in [6.07, 6.45) is 4.47. The lowest BCUT2D eigenvalue weighted by Gasteiger charge is -2.52. The summed E-state index contributed by atoms with van der Waals surface area (Å²) < 4.78 is 6.91. The first-order valence-corrected chi connectivity index (χ1v) is 13.9. The van der Waals surface area contributed by atoms with E-state index in [4.69, 9.17) is 11.9 Å². The second-order valence-corrected chi connectivity index (χ2v) is 16.1. The van der Waals surface area contributed by atoms with Crippen LogP contribution in [0.15, 0.2) is 0 Å². The molecule has 0 aliphatic carbocycles. The molecule has 1 nitrogen and oxygen atoms in total. The normalized spacial score (nSPS) is 14.8. The van der Waals surface area contributed by atoms with Gasteiger partial charge < -0.3 is 4.43 Å². The summed E-state index contributed by atoms with van der Waals surface area (Å²) in [5.41, 5.74) is 0. The van der Waals surface area contributed by atoms with E-state index >= 15 is 0 Å². The summed E-state index contributed by atoms with van der Waals surface area (Å²) in [5.74, 6) is 0. The van der Waals surface area contributed by atoms with Gasteiger partial charge in [0.2, 0.25) is 0 Å². The Labute approximate surface area is 125 Å². The van der Waals surface area contributed by atoms with Crippen LogP contribution in [0, 0.1) is 0 Å². The molecule has 0 unspecified atom stereocenters. The van der Waals surface area contributed by atoms with Crippen LogP contribution < -0.4 is 0 Å². The lowest BCUT2D eigenvalue weighted by Crippen LogP contribution is -2.62. The molecule has 0 bridgehead atoms. The Hall–Kier alpha value is 0.459. The molecule has 0 aromatic heterocycles. The van der Waals surface area contributed by atoms with E-state index in [2.05, 4.69) is 60.8 Å². The minimum absolute atomic E-state index is 0.0612. The first-order chi connectivity index (χ1) is 8.45. The Morgan fingerprint density at radius 2 is 1.21 bits per heavy atom. The molecule has 0 aliphatic rings. The second-order valence-electron chi connectivity index (χ2n) is 7.30. The fourth-order valence-electron chi connectivity index (χ4n) is 3.15. The van der Waals surface area contributed by atoms with E-state index in [0.29, 0.717) is 5.04 Å². The third kappa shape index (κ3) is 3.76. The number of hydrogen-bond donors (Lipinski definition) is 0. The van der Waals surface area contributed by atoms with Crippen molar-refractivity contribution < 1.29 is 4.43 Å². The summed E-state index contributed by atoms with van der Waals surface area (Å²) in [4.78, 5) is 0. The van der Waals surface area contributed by atoms with Crippen LogP contribution in [0.5, 0.6) is 0 Å². The van der Waals surface area contributed by atoms with Crippen molar-refractivity contribution in [3.05, 3.63) is 0 Å². The highest BCUT2D eigenvalue weighted by molar-refractivity contribution is 7.17. The Kier molecular flexibility index (Phi) is 6.64. The van der Waals surface area contributed by atoms with Gasteiger partial charge in [0.05, 0.1) is 7.44 Å². The topological polar surface area (TPSA) is 9.23 Å². The largest absolute Gasteiger partial charge is 0.415 e. The highest BCUT2D eigenvalue weighted by Crippen LogP contribution is 2.48. The summed E-state index contributed by atoms with van der Waals surface area (Å²) in [6, 6.07) is 0. The van der Waals surface area contributed by atoms with Crippen LogP contribution in [0.1, 0.15) is 60.3 Å². The highest BCUT2D eigenvalue weighted by Gasteiger charge is 2.50. The van der Waals surface area contributed by atoms with E-state index in [9.17, 15) is 0 Å². The molecule has 112 valence electrons. The van der Waals surface area contributed by atoms with Crippen molar-refractivity contribution in [3.63, 3.8) is 0 Å². The molecule has 0 saturated carbocycles. The summed E-state index contributed by atoms with van der Waals surface area (Å²) in [6.45, 7) is 20.8. The van der Waals surface area contributed by atoms with Crippen molar-refractivity contribution in [1.82, 2.24) is 0 Å². The maximum absolute atomic E-state index is 6.91. The SMILES string of the molecule is [B][Si](C)(C)C(CC)(CC)O[Si](C)(C)C(C)(CC)CC. The predicted octanol–water partition coefficient (Wildman–Crippen LogP) is 5.26. The third-order valence-corrected chi connectivity index (χ3v) is 13.7. The van der Waals surface area contributed by atoms with Gasteiger partial charge in [0, 0.05) is 13.2 Å². The van der Waals surface area contributed by atoms with E-state index in [1.54, 1.807) is 0 Å². The van der Waals surface area contributed by atoms with Crippen LogP contribution in [0.25, 0.3) is 0 Å². The van der Waals surface area contributed by atoms with Gasteiger partial charge >= 0.3 is 0 Å². The molecule has 4 heteroatoms. The minimum Gasteiger partial charge on any atom is -0.415 e. The minimum atomic E-state index is -1.84. The average molecular weight is 298 g/mol. The Balaban J connectivity index is 5.48. The zero-order valence-electron chi connectivity index (χ0n) is 14.8. The van der Waals surface area contributed by atoms with Crippen molar-refractivity contribution in [2.75, 3.05) is 0 Å². The Bertz CT molecular complexity index is 276. The zero-order chi connectivity index (χ0) is 15.5. The fraction of sp³-hybridized carbons (Fsp3) is 1.00. The van der Waals surface area contributed by atoms with E-state index < -0.39 is 16.3 Å². The molecule has 0 heterocycles. The van der Waals surface area contributed by atoms with Crippen molar-refractivity contribution in [3.8, 4) is 0 Å². The molecule has 0 atom stereocenters. The van der Waals surface area contributed by atoms with Crippen LogP contribution in [0.3, 0.4) is 0 Å². The maximum Gasteiger partial charge on any atom is 0.192 e. The molecule has 0 amide bonds. The molecule has 0 spiro atoms. The average Bonchev–Trinajstić information content (AvgIpc) is 2.33. The lowest BCUT2D eigenvalue weighted by molar-refractivity contribution is 0.115. The Morgan fingerprint density at radius 3 is 1.42 bits per heavy atom. The van der Waals surface area contributed by atoms with Gasteiger partial charge in [0.25, 0.3) is 0 Å². The summed E-state index contributed by atoms with van der Waals surface area (Å²) in [5, 5.41) is 0.274. The highest BCUT2D eigenvalue weighted by atomic mass is 28.4. The molecule has 0 fully saturated rings. The summed E-state index contributed by atoms with van der Waals surface area (Å²) >= 11 is 0. The van der Waals surface area contributed by atoms with Gasteiger partial charge in [-0.3, -0.25) is 0 Å². The standard InChI is InChI=1S/C15H35BOSi2/c1-10-14(5,11-2)19(8,9)17-15(12-3,13-4)18(6,7)16/h10-13H2,1-9H3. The van der Waals surface area contributed by atoms with Crippen molar-refractivity contribution in [2.24, 2.45) is 0 Å². The maximum atomic E-state index is 6.91. The third-order valence-electron chi connectivity index (χ3n) is 5.78. The molecule has 0 aromatic carbocycles. The van der Waals surface area contributed by atoms with Crippen LogP contribution >= 0.6 is 0 Å². The van der Waals surface area contributed by atoms with E-state index in [1.165, 1.54) is 12.8 Å². The monoisotopic (exact) mass is 298 g/mol. The first kappa shape index (κ1) is 19.5. The molecule has 0 rings (SSSR count). The van der Waals surface area contributed by atoms with Gasteiger partial charge in [0.15, 0.2) is 8.32 Å². The van der Waals surface area contributed by atoms with Gasteiger partial charge in [-0.1, -0.05) is 60.6 Å². The van der Waals surface area contributed by atoms with E-state index in [-0.39, 0.29) is 5.22 Å². The van der Waals surface area contributed by atoms with Crippen LogP contribution in [0.4, 0.5) is 0 Å². The van der Waals surface area contributed by atoms with Crippen LogP contribution in [0.2, 0.25) is 31.2 Å². The lowest BCUT2D eigenvalue weighted by atomic mass is 10.1. The molecule has 19 heavy (non-hydrogen) atoms. The molecule has 0 aliphatic heterocycles. The van der Waals surface area contributed by atoms with Gasteiger partial charge in [-0.2, -0.15) is 0 Å². The number of rotatable bonds is 8. The number of hydrogen-bond acceptors (Lipinski definition) is 1. The van der Waals surface area contributed by atoms with Crippen molar-refractivity contribution in [1.29, 1.82) is 0 Å². The van der Waals surface area contributed by atoms with Gasteiger partial charge in [-0.25, -0.2) is 0 Å². The molecular formula is C15H35BOSi2. The first-order valence-electron chi connectivity index (χ1n) is 7.94. The quantitative estimate of drug-likeness (QED) is 0.555. The van der Waals surface area contributed by atoms with Crippen LogP contribution in [-0.4, -0.2) is 28.9 Å². The van der Waals surface area contributed by atoms with Gasteiger partial charge in [0.1, 0.15) is 0 Å². The van der Waals surface area contributed by atoms with Crippen molar-refractivity contribution >= 4 is 23.7 Å². The van der Waals surface area contributed by atoms with Crippen LogP contribution in [-0.2, 0) is 4.43 Å². The zero-order valence-corrected chi connectivity index (χ0v) is 16.8. The molecular weight excluding hydrogens is 263 g/mol. The second kappa shape index (κ2) is 6.48. The fourth-order valence-corrected chi connectivity index (χ4v) is 10.0. The molecule has 0 N–H and O–H groups in total. The Morgan fingerprint density at radius 1 is 0.842 bits per heavy atom. The summed E-state index contributed by atoms with van der Waals surface area (Å²) in [7, 11) is 2.98. The van der Waals surface area contributed by atoms with E-state index in [0.717, 1.165) is 12.8 Å². The molecule has 0 aromatic rings. The van der Waals surface area contributed by atoms with Crippen molar-refractivity contribution in [2.45, 2.75) is 96.8 Å². The smallest absolute Gasteiger partial charge is 0.192 e. The predicted molar refractivity (Wildman–Crippen MR) is 94.1 cm³/mol. The molecule has 2 radical (unpaired) electrons. The van der Waals surface area contributed by atoms with E-state index in [1.807, 2.05) is 0 Å². The van der Waals surface area contributed by atoms with Gasteiger partial charge in [-0.15, -0.1) is 0 Å². The molecule has 0 saturated heterocycles.